The molecule has 2 heterocycles. The minimum Gasteiger partial charge on any atom is -0.468 e. The van der Waals surface area contributed by atoms with Crippen molar-refractivity contribution in [3.05, 3.63) is 72.2 Å². The van der Waals surface area contributed by atoms with Crippen molar-refractivity contribution in [3.8, 4) is 0 Å². The number of benzene rings is 2. The first-order chi connectivity index (χ1) is 12.8. The number of hydrogen-bond donors (Lipinski definition) is 1. The van der Waals surface area contributed by atoms with Crippen LogP contribution in [0.2, 0.25) is 0 Å². The van der Waals surface area contributed by atoms with Gasteiger partial charge in [0.05, 0.1) is 12.3 Å². The Morgan fingerprint density at radius 1 is 1.08 bits per heavy atom. The largest absolute Gasteiger partial charge is 0.468 e. The smallest absolute Gasteiger partial charge is 0.251 e. The number of nitrogens with zero attached hydrogens (tertiary/aromatic N) is 1. The molecular weight excluding hydrogens is 344 g/mol. The Balaban J connectivity index is 1.52. The number of hydrogen-bond acceptors (Lipinski definition) is 4. The molecule has 1 saturated heterocycles. The minimum absolute atomic E-state index is 0.0373. The lowest BCUT2D eigenvalue weighted by Gasteiger charge is -2.33. The summed E-state index contributed by atoms with van der Waals surface area (Å²) in [5.74, 6) is 3.11. The molecule has 1 atom stereocenters. The van der Waals surface area contributed by atoms with Crippen molar-refractivity contribution in [3.63, 3.8) is 0 Å². The van der Waals surface area contributed by atoms with Gasteiger partial charge in [-0.25, -0.2) is 0 Å². The lowest BCUT2D eigenvalue weighted by molar-refractivity contribution is 0.0931. The number of nitrogens with one attached hydrogen (secondary N) is 1. The zero-order valence-corrected chi connectivity index (χ0v) is 15.4. The standard InChI is InChI=1S/C21H22N2O2S/c24-21(18-8-3-6-16-5-1-2-7-17(16)18)22-15-19(20-9-4-12-25-20)23-10-13-26-14-11-23/h1-9,12,19H,10-11,13-15H2,(H,22,24)/t19-/m1/s1. The number of thioether (sulfide) groups is 1. The van der Waals surface area contributed by atoms with E-state index in [9.17, 15) is 4.79 Å². The van der Waals surface area contributed by atoms with E-state index in [2.05, 4.69) is 10.2 Å². The molecule has 0 spiro atoms. The molecule has 0 unspecified atom stereocenters. The molecule has 0 radical (unpaired) electrons. The summed E-state index contributed by atoms with van der Waals surface area (Å²) in [6.45, 7) is 2.57. The summed E-state index contributed by atoms with van der Waals surface area (Å²) in [5, 5.41) is 5.19. The van der Waals surface area contributed by atoms with Crippen LogP contribution in [0.25, 0.3) is 10.8 Å². The summed E-state index contributed by atoms with van der Waals surface area (Å²) in [7, 11) is 0. The van der Waals surface area contributed by atoms with Crippen molar-refractivity contribution in [1.29, 1.82) is 0 Å². The first-order valence-electron chi connectivity index (χ1n) is 8.94. The van der Waals surface area contributed by atoms with Crippen LogP contribution in [0, 0.1) is 0 Å². The summed E-state index contributed by atoms with van der Waals surface area (Å²) in [6.07, 6.45) is 1.70. The zero-order valence-electron chi connectivity index (χ0n) is 14.6. The van der Waals surface area contributed by atoms with E-state index >= 15 is 0 Å². The van der Waals surface area contributed by atoms with Crippen LogP contribution in [0.5, 0.6) is 0 Å². The number of carbonyl (C=O) groups is 1. The lowest BCUT2D eigenvalue weighted by atomic mass is 10.0. The fourth-order valence-electron chi connectivity index (χ4n) is 3.49. The quantitative estimate of drug-likeness (QED) is 0.743. The van der Waals surface area contributed by atoms with Crippen LogP contribution in [0.15, 0.2) is 65.3 Å². The molecule has 5 heteroatoms. The lowest BCUT2D eigenvalue weighted by Crippen LogP contribution is -2.42. The SMILES string of the molecule is O=C(NC[C@H](c1ccco1)N1CCSCC1)c1cccc2ccccc12. The van der Waals surface area contributed by atoms with Crippen LogP contribution in [0.3, 0.4) is 0 Å². The number of fused-ring (bicyclic) bond motifs is 1. The number of amides is 1. The van der Waals surface area contributed by atoms with E-state index in [1.807, 2.05) is 66.4 Å². The van der Waals surface area contributed by atoms with Crippen LogP contribution in [0.4, 0.5) is 0 Å². The second-order valence-corrected chi connectivity index (χ2v) is 7.64. The van der Waals surface area contributed by atoms with E-state index in [1.54, 1.807) is 6.26 Å². The second kappa shape index (κ2) is 7.98. The van der Waals surface area contributed by atoms with Crippen LogP contribution in [-0.4, -0.2) is 41.9 Å². The Morgan fingerprint density at radius 2 is 1.88 bits per heavy atom. The molecule has 134 valence electrons. The van der Waals surface area contributed by atoms with Gasteiger partial charge in [0.2, 0.25) is 0 Å². The molecule has 4 rings (SSSR count). The van der Waals surface area contributed by atoms with Crippen molar-refractivity contribution >= 4 is 28.4 Å². The van der Waals surface area contributed by atoms with Gasteiger partial charge in [-0.2, -0.15) is 11.8 Å². The number of carbonyl (C=O) groups excluding carboxylic acids is 1. The minimum atomic E-state index is -0.0373. The van der Waals surface area contributed by atoms with E-state index in [4.69, 9.17) is 4.42 Å². The third-order valence-corrected chi connectivity index (χ3v) is 5.79. The highest BCUT2D eigenvalue weighted by atomic mass is 32.2. The monoisotopic (exact) mass is 366 g/mol. The van der Waals surface area contributed by atoms with Crippen molar-refractivity contribution < 1.29 is 9.21 Å². The zero-order chi connectivity index (χ0) is 17.8. The van der Waals surface area contributed by atoms with Gasteiger partial charge >= 0.3 is 0 Å². The Bertz CT molecular complexity index is 867. The van der Waals surface area contributed by atoms with Gasteiger partial charge in [-0.3, -0.25) is 9.69 Å². The molecule has 1 fully saturated rings. The van der Waals surface area contributed by atoms with Crippen LogP contribution >= 0.6 is 11.8 Å². The first kappa shape index (κ1) is 17.2. The number of rotatable bonds is 5. The molecule has 0 aliphatic carbocycles. The maximum atomic E-state index is 12.9. The summed E-state index contributed by atoms with van der Waals surface area (Å²) in [4.78, 5) is 15.3. The molecule has 0 bridgehead atoms. The predicted molar refractivity (Wildman–Crippen MR) is 107 cm³/mol. The van der Waals surface area contributed by atoms with Gasteiger partial charge in [0, 0.05) is 36.7 Å². The van der Waals surface area contributed by atoms with Gasteiger partial charge in [0.1, 0.15) is 5.76 Å². The average Bonchev–Trinajstić information content (AvgIpc) is 3.23. The number of furan rings is 1. The Morgan fingerprint density at radius 3 is 2.69 bits per heavy atom. The summed E-state index contributed by atoms with van der Waals surface area (Å²) >= 11 is 1.98. The van der Waals surface area contributed by atoms with Gasteiger partial charge < -0.3 is 9.73 Å². The third kappa shape index (κ3) is 3.64. The van der Waals surface area contributed by atoms with E-state index in [-0.39, 0.29) is 11.9 Å². The summed E-state index contributed by atoms with van der Waals surface area (Å²) in [6, 6.07) is 17.8. The average molecular weight is 366 g/mol. The van der Waals surface area contributed by atoms with Gasteiger partial charge in [0.25, 0.3) is 5.91 Å². The molecule has 1 aromatic heterocycles. The first-order valence-corrected chi connectivity index (χ1v) is 10.1. The predicted octanol–water partition coefficient (Wildman–Crippen LogP) is 3.95. The van der Waals surface area contributed by atoms with Gasteiger partial charge in [-0.15, -0.1) is 0 Å². The Kier molecular flexibility index (Phi) is 5.27. The van der Waals surface area contributed by atoms with Gasteiger partial charge in [0.15, 0.2) is 0 Å². The van der Waals surface area contributed by atoms with Gasteiger partial charge in [-0.05, 0) is 29.0 Å². The van der Waals surface area contributed by atoms with Crippen LogP contribution in [0.1, 0.15) is 22.2 Å². The maximum absolute atomic E-state index is 12.9. The van der Waals surface area contributed by atoms with E-state index < -0.39 is 0 Å². The molecule has 26 heavy (non-hydrogen) atoms. The van der Waals surface area contributed by atoms with Crippen molar-refractivity contribution in [2.75, 3.05) is 31.1 Å². The molecular formula is C21H22N2O2S. The van der Waals surface area contributed by atoms with Crippen molar-refractivity contribution in [2.45, 2.75) is 6.04 Å². The van der Waals surface area contributed by atoms with Crippen molar-refractivity contribution in [1.82, 2.24) is 10.2 Å². The van der Waals surface area contributed by atoms with Gasteiger partial charge in [-0.1, -0.05) is 36.4 Å². The highest BCUT2D eigenvalue weighted by Gasteiger charge is 2.25. The molecule has 1 aliphatic rings. The Hall–Kier alpha value is -2.24. The van der Waals surface area contributed by atoms with Crippen LogP contribution < -0.4 is 5.32 Å². The highest BCUT2D eigenvalue weighted by Crippen LogP contribution is 2.24. The van der Waals surface area contributed by atoms with E-state index in [1.165, 1.54) is 0 Å². The fraction of sp³-hybridized carbons (Fsp3) is 0.286. The second-order valence-electron chi connectivity index (χ2n) is 6.42. The molecule has 1 amide bonds. The molecule has 4 nitrogen and oxygen atoms in total. The molecule has 0 saturated carbocycles. The molecule has 1 N–H and O–H groups in total. The van der Waals surface area contributed by atoms with E-state index in [0.29, 0.717) is 6.54 Å². The molecule has 3 aromatic rings. The summed E-state index contributed by atoms with van der Waals surface area (Å²) in [5.41, 5.74) is 0.718. The van der Waals surface area contributed by atoms with Crippen LogP contribution in [-0.2, 0) is 0 Å². The fourth-order valence-corrected chi connectivity index (χ4v) is 4.42. The highest BCUT2D eigenvalue weighted by molar-refractivity contribution is 7.99. The summed E-state index contributed by atoms with van der Waals surface area (Å²) < 4.78 is 5.66. The maximum Gasteiger partial charge on any atom is 0.251 e. The molecule has 2 aromatic carbocycles. The van der Waals surface area contributed by atoms with Crippen molar-refractivity contribution in [2.24, 2.45) is 0 Å². The Labute approximate surface area is 157 Å². The van der Waals surface area contributed by atoms with E-state index in [0.717, 1.165) is 46.7 Å². The normalized spacial score (nSPS) is 16.5. The topological polar surface area (TPSA) is 45.5 Å². The molecule has 1 aliphatic heterocycles. The third-order valence-electron chi connectivity index (χ3n) is 4.85.